The first-order chi connectivity index (χ1) is 6.27. The Labute approximate surface area is 78.1 Å². The van der Waals surface area contributed by atoms with Crippen LogP contribution in [0.15, 0.2) is 24.3 Å². The fourth-order valence-electron chi connectivity index (χ4n) is 1.73. The molecular weight excluding hydrogens is 163 g/mol. The van der Waals surface area contributed by atoms with Crippen molar-refractivity contribution in [2.75, 3.05) is 0 Å². The van der Waals surface area contributed by atoms with Gasteiger partial charge in [-0.05, 0) is 49.0 Å². The molecule has 0 bridgehead atoms. The molecule has 0 aliphatic heterocycles. The van der Waals surface area contributed by atoms with Crippen molar-refractivity contribution in [2.45, 2.75) is 26.2 Å². The molecule has 1 heteroatoms. The fourth-order valence-corrected chi connectivity index (χ4v) is 1.73. The van der Waals surface area contributed by atoms with Crippen LogP contribution in [0.4, 0.5) is 4.39 Å². The molecule has 1 aliphatic rings. The third-order valence-electron chi connectivity index (χ3n) is 2.58. The SMILES string of the molecule is Cc1ccc(C2=CCCC2)cc1F. The van der Waals surface area contributed by atoms with Gasteiger partial charge in [0.2, 0.25) is 0 Å². The average Bonchev–Trinajstić information content (AvgIpc) is 2.62. The number of hydrogen-bond acceptors (Lipinski definition) is 0. The highest BCUT2D eigenvalue weighted by Crippen LogP contribution is 2.28. The molecule has 0 aromatic heterocycles. The van der Waals surface area contributed by atoms with E-state index in [0.717, 1.165) is 24.0 Å². The maximum atomic E-state index is 13.2. The topological polar surface area (TPSA) is 0 Å². The molecule has 0 radical (unpaired) electrons. The second kappa shape index (κ2) is 3.33. The molecular formula is C12H13F. The Balaban J connectivity index is 2.36. The molecule has 0 N–H and O–H groups in total. The van der Waals surface area contributed by atoms with Crippen LogP contribution in [0.2, 0.25) is 0 Å². The van der Waals surface area contributed by atoms with Gasteiger partial charge in [-0.1, -0.05) is 18.2 Å². The van der Waals surface area contributed by atoms with Crippen molar-refractivity contribution in [3.05, 3.63) is 41.2 Å². The summed E-state index contributed by atoms with van der Waals surface area (Å²) >= 11 is 0. The highest BCUT2D eigenvalue weighted by molar-refractivity contribution is 5.67. The minimum Gasteiger partial charge on any atom is -0.207 e. The normalized spacial score (nSPS) is 16.0. The third-order valence-corrected chi connectivity index (χ3v) is 2.58. The quantitative estimate of drug-likeness (QED) is 0.612. The minimum absolute atomic E-state index is 0.0923. The number of halogens is 1. The van der Waals surface area contributed by atoms with E-state index < -0.39 is 0 Å². The molecule has 1 aliphatic carbocycles. The van der Waals surface area contributed by atoms with Gasteiger partial charge in [0.25, 0.3) is 0 Å². The van der Waals surface area contributed by atoms with Crippen molar-refractivity contribution in [1.82, 2.24) is 0 Å². The van der Waals surface area contributed by atoms with E-state index in [1.54, 1.807) is 13.0 Å². The summed E-state index contributed by atoms with van der Waals surface area (Å²) in [5.74, 6) is -0.0923. The molecule has 68 valence electrons. The Bertz CT molecular complexity index is 350. The summed E-state index contributed by atoms with van der Waals surface area (Å²) in [6.45, 7) is 1.79. The predicted octanol–water partition coefficient (Wildman–Crippen LogP) is 3.70. The van der Waals surface area contributed by atoms with Gasteiger partial charge < -0.3 is 0 Å². The van der Waals surface area contributed by atoms with Gasteiger partial charge >= 0.3 is 0 Å². The van der Waals surface area contributed by atoms with Gasteiger partial charge in [0.1, 0.15) is 5.82 Å². The number of hydrogen-bond donors (Lipinski definition) is 0. The lowest BCUT2D eigenvalue weighted by atomic mass is 10.0. The molecule has 0 unspecified atom stereocenters. The number of allylic oxidation sites excluding steroid dienone is 2. The van der Waals surface area contributed by atoms with Gasteiger partial charge in [0.05, 0.1) is 0 Å². The smallest absolute Gasteiger partial charge is 0.126 e. The molecule has 0 saturated carbocycles. The van der Waals surface area contributed by atoms with Crippen LogP contribution in [0, 0.1) is 12.7 Å². The van der Waals surface area contributed by atoms with E-state index >= 15 is 0 Å². The number of benzene rings is 1. The highest BCUT2D eigenvalue weighted by Gasteiger charge is 2.08. The summed E-state index contributed by atoms with van der Waals surface area (Å²) in [5, 5.41) is 0. The van der Waals surface area contributed by atoms with Gasteiger partial charge in [-0.3, -0.25) is 0 Å². The van der Waals surface area contributed by atoms with Crippen LogP contribution in [0.1, 0.15) is 30.4 Å². The minimum atomic E-state index is -0.0923. The molecule has 0 atom stereocenters. The van der Waals surface area contributed by atoms with E-state index in [1.165, 1.54) is 12.0 Å². The van der Waals surface area contributed by atoms with Crippen LogP contribution < -0.4 is 0 Å². The van der Waals surface area contributed by atoms with Crippen molar-refractivity contribution >= 4 is 5.57 Å². The van der Waals surface area contributed by atoms with Crippen molar-refractivity contribution in [2.24, 2.45) is 0 Å². The zero-order valence-electron chi connectivity index (χ0n) is 7.81. The van der Waals surface area contributed by atoms with Crippen LogP contribution in [-0.2, 0) is 0 Å². The standard InChI is InChI=1S/C12H13F/c1-9-6-7-11(8-12(9)13)10-4-2-3-5-10/h4,6-8H,2-3,5H2,1H3. The molecule has 0 saturated heterocycles. The summed E-state index contributed by atoms with van der Waals surface area (Å²) in [4.78, 5) is 0. The monoisotopic (exact) mass is 176 g/mol. The molecule has 2 rings (SSSR count). The summed E-state index contributed by atoms with van der Waals surface area (Å²) in [5.41, 5.74) is 3.09. The summed E-state index contributed by atoms with van der Waals surface area (Å²) in [6, 6.07) is 5.51. The first-order valence-electron chi connectivity index (χ1n) is 4.73. The van der Waals surface area contributed by atoms with Crippen LogP contribution in [-0.4, -0.2) is 0 Å². The predicted molar refractivity (Wildman–Crippen MR) is 53.0 cm³/mol. The van der Waals surface area contributed by atoms with Gasteiger partial charge in [-0.25, -0.2) is 4.39 Å². The largest absolute Gasteiger partial charge is 0.207 e. The van der Waals surface area contributed by atoms with E-state index in [0.29, 0.717) is 0 Å². The highest BCUT2D eigenvalue weighted by atomic mass is 19.1. The number of aryl methyl sites for hydroxylation is 1. The van der Waals surface area contributed by atoms with Crippen LogP contribution in [0.25, 0.3) is 5.57 Å². The fraction of sp³-hybridized carbons (Fsp3) is 0.333. The molecule has 0 heterocycles. The zero-order chi connectivity index (χ0) is 9.26. The second-order valence-corrected chi connectivity index (χ2v) is 3.59. The lowest BCUT2D eigenvalue weighted by molar-refractivity contribution is 0.618. The molecule has 0 amide bonds. The first-order valence-corrected chi connectivity index (χ1v) is 4.73. The molecule has 0 fully saturated rings. The van der Waals surface area contributed by atoms with Crippen molar-refractivity contribution in [3.63, 3.8) is 0 Å². The van der Waals surface area contributed by atoms with Crippen molar-refractivity contribution < 1.29 is 4.39 Å². The Morgan fingerprint density at radius 2 is 2.15 bits per heavy atom. The van der Waals surface area contributed by atoms with Gasteiger partial charge in [-0.2, -0.15) is 0 Å². The Morgan fingerprint density at radius 1 is 1.31 bits per heavy atom. The van der Waals surface area contributed by atoms with Gasteiger partial charge in [-0.15, -0.1) is 0 Å². The first kappa shape index (κ1) is 8.49. The van der Waals surface area contributed by atoms with E-state index in [2.05, 4.69) is 6.08 Å². The summed E-state index contributed by atoms with van der Waals surface area (Å²) in [7, 11) is 0. The second-order valence-electron chi connectivity index (χ2n) is 3.59. The third kappa shape index (κ3) is 1.64. The van der Waals surface area contributed by atoms with E-state index in [4.69, 9.17) is 0 Å². The van der Waals surface area contributed by atoms with Crippen LogP contribution in [0.3, 0.4) is 0 Å². The van der Waals surface area contributed by atoms with Gasteiger partial charge in [0.15, 0.2) is 0 Å². The van der Waals surface area contributed by atoms with E-state index in [1.807, 2.05) is 12.1 Å². The molecule has 0 nitrogen and oxygen atoms in total. The molecule has 0 spiro atoms. The van der Waals surface area contributed by atoms with E-state index in [9.17, 15) is 4.39 Å². The lowest BCUT2D eigenvalue weighted by Gasteiger charge is -2.03. The molecule has 1 aromatic rings. The summed E-state index contributed by atoms with van der Waals surface area (Å²) < 4.78 is 13.2. The van der Waals surface area contributed by atoms with Gasteiger partial charge in [0, 0.05) is 0 Å². The maximum Gasteiger partial charge on any atom is 0.126 e. The van der Waals surface area contributed by atoms with Crippen LogP contribution in [0.5, 0.6) is 0 Å². The zero-order valence-corrected chi connectivity index (χ0v) is 7.81. The molecule has 1 aromatic carbocycles. The average molecular weight is 176 g/mol. The lowest BCUT2D eigenvalue weighted by Crippen LogP contribution is -1.86. The molecule has 13 heavy (non-hydrogen) atoms. The van der Waals surface area contributed by atoms with Crippen LogP contribution >= 0.6 is 0 Å². The van der Waals surface area contributed by atoms with E-state index in [-0.39, 0.29) is 5.82 Å². The number of rotatable bonds is 1. The Hall–Kier alpha value is -1.11. The maximum absolute atomic E-state index is 13.2. The Morgan fingerprint density at radius 3 is 2.77 bits per heavy atom. The summed E-state index contributed by atoms with van der Waals surface area (Å²) in [6.07, 6.45) is 5.67. The Kier molecular flexibility index (Phi) is 2.17. The van der Waals surface area contributed by atoms with Crippen molar-refractivity contribution in [3.8, 4) is 0 Å². The van der Waals surface area contributed by atoms with Crippen molar-refractivity contribution in [1.29, 1.82) is 0 Å².